The molecule has 0 fully saturated rings. The molecule has 0 radical (unpaired) electrons. The molecule has 2 aromatic heterocycles. The van der Waals surface area contributed by atoms with Crippen molar-refractivity contribution in [2.45, 2.75) is 25.7 Å². The number of rotatable bonds is 9. The van der Waals surface area contributed by atoms with Crippen LogP contribution in [0.5, 0.6) is 0 Å². The zero-order valence-corrected chi connectivity index (χ0v) is 16.6. The first-order chi connectivity index (χ1) is 14.7. The van der Waals surface area contributed by atoms with Gasteiger partial charge >= 0.3 is 0 Å². The van der Waals surface area contributed by atoms with Crippen LogP contribution in [-0.4, -0.2) is 39.2 Å². The van der Waals surface area contributed by atoms with Crippen molar-refractivity contribution in [2.24, 2.45) is 0 Å². The smallest absolute Gasteiger partial charge is 0.272 e. The van der Waals surface area contributed by atoms with E-state index in [1.165, 1.54) is 0 Å². The lowest BCUT2D eigenvalue weighted by molar-refractivity contribution is -0.121. The fourth-order valence-electron chi connectivity index (χ4n) is 3.40. The number of fused-ring (bicyclic) bond motifs is 2. The van der Waals surface area contributed by atoms with Gasteiger partial charge in [-0.25, -0.2) is 10.1 Å². The number of aromatic nitrogens is 4. The number of imidazole rings is 1. The number of carbonyl (C=O) groups excluding carboxylic acids is 1. The Hall–Kier alpha value is -3.68. The van der Waals surface area contributed by atoms with E-state index in [0.717, 1.165) is 41.5 Å². The minimum atomic E-state index is -0.203. The summed E-state index contributed by atoms with van der Waals surface area (Å²) in [6.07, 6.45) is 2.72. The SMILES string of the molecule is O=C(CCCc1nc2ccccc2[nH]1)NCCCNc1n[nH]c(=O)c2ccccc12. The van der Waals surface area contributed by atoms with Gasteiger partial charge in [-0.15, -0.1) is 0 Å². The van der Waals surface area contributed by atoms with Crippen LogP contribution in [0.15, 0.2) is 53.3 Å². The number of para-hydroxylation sites is 2. The molecule has 0 spiro atoms. The summed E-state index contributed by atoms with van der Waals surface area (Å²) in [4.78, 5) is 31.7. The maximum atomic E-state index is 12.0. The molecule has 0 saturated heterocycles. The first-order valence-electron chi connectivity index (χ1n) is 10.1. The predicted molar refractivity (Wildman–Crippen MR) is 118 cm³/mol. The molecule has 0 aliphatic carbocycles. The molecule has 154 valence electrons. The fraction of sp³-hybridized carbons (Fsp3) is 0.273. The summed E-state index contributed by atoms with van der Waals surface area (Å²) in [6.45, 7) is 1.22. The summed E-state index contributed by atoms with van der Waals surface area (Å²) in [5.74, 6) is 1.59. The van der Waals surface area contributed by atoms with Crippen LogP contribution in [0, 0.1) is 0 Å². The molecule has 8 heteroatoms. The molecule has 0 aliphatic heterocycles. The van der Waals surface area contributed by atoms with Gasteiger partial charge in [0.15, 0.2) is 5.82 Å². The van der Waals surface area contributed by atoms with Crippen LogP contribution in [0.4, 0.5) is 5.82 Å². The Morgan fingerprint density at radius 1 is 0.967 bits per heavy atom. The average Bonchev–Trinajstić information content (AvgIpc) is 3.18. The highest BCUT2D eigenvalue weighted by atomic mass is 16.1. The highest BCUT2D eigenvalue weighted by Gasteiger charge is 2.06. The minimum Gasteiger partial charge on any atom is -0.368 e. The molecule has 4 aromatic rings. The normalized spacial score (nSPS) is 11.1. The Balaban J connectivity index is 1.16. The van der Waals surface area contributed by atoms with Crippen molar-refractivity contribution < 1.29 is 4.79 Å². The van der Waals surface area contributed by atoms with Gasteiger partial charge in [0.2, 0.25) is 5.91 Å². The van der Waals surface area contributed by atoms with E-state index in [4.69, 9.17) is 0 Å². The van der Waals surface area contributed by atoms with E-state index >= 15 is 0 Å². The molecule has 2 heterocycles. The van der Waals surface area contributed by atoms with Crippen LogP contribution in [-0.2, 0) is 11.2 Å². The molecule has 1 amide bonds. The van der Waals surface area contributed by atoms with Crippen LogP contribution < -0.4 is 16.2 Å². The van der Waals surface area contributed by atoms with Crippen molar-refractivity contribution in [1.29, 1.82) is 0 Å². The standard InChI is InChI=1S/C22H24N6O2/c29-20(12-5-11-19-25-17-9-3-4-10-18(17)26-19)23-13-6-14-24-21-15-7-1-2-8-16(15)22(30)28-27-21/h1-4,7-10H,5-6,11-14H2,(H,23,29)(H,24,27)(H,25,26)(H,28,30). The van der Waals surface area contributed by atoms with Gasteiger partial charge in [0.25, 0.3) is 5.56 Å². The van der Waals surface area contributed by atoms with Crippen molar-refractivity contribution in [3.63, 3.8) is 0 Å². The highest BCUT2D eigenvalue weighted by Crippen LogP contribution is 2.16. The molecule has 8 nitrogen and oxygen atoms in total. The maximum Gasteiger partial charge on any atom is 0.272 e. The number of hydrogen-bond donors (Lipinski definition) is 4. The fourth-order valence-corrected chi connectivity index (χ4v) is 3.40. The third kappa shape index (κ3) is 4.65. The lowest BCUT2D eigenvalue weighted by Gasteiger charge is -2.08. The third-order valence-corrected chi connectivity index (χ3v) is 4.92. The zero-order valence-electron chi connectivity index (χ0n) is 16.6. The summed E-state index contributed by atoms with van der Waals surface area (Å²) >= 11 is 0. The summed E-state index contributed by atoms with van der Waals surface area (Å²) in [7, 11) is 0. The largest absolute Gasteiger partial charge is 0.368 e. The summed E-state index contributed by atoms with van der Waals surface area (Å²) in [5, 5.41) is 14.1. The molecule has 4 rings (SSSR count). The highest BCUT2D eigenvalue weighted by molar-refractivity contribution is 5.90. The second-order valence-corrected chi connectivity index (χ2v) is 7.13. The molecule has 0 bridgehead atoms. The van der Waals surface area contributed by atoms with Gasteiger partial charge in [0.1, 0.15) is 5.82 Å². The van der Waals surface area contributed by atoms with Crippen molar-refractivity contribution >= 4 is 33.5 Å². The summed E-state index contributed by atoms with van der Waals surface area (Å²) in [6, 6.07) is 15.2. The van der Waals surface area contributed by atoms with E-state index in [2.05, 4.69) is 30.8 Å². The molecule has 2 aromatic carbocycles. The van der Waals surface area contributed by atoms with Gasteiger partial charge in [-0.05, 0) is 31.0 Å². The van der Waals surface area contributed by atoms with Gasteiger partial charge in [-0.1, -0.05) is 30.3 Å². The second kappa shape index (κ2) is 9.21. The number of amides is 1. The van der Waals surface area contributed by atoms with Crippen LogP contribution >= 0.6 is 0 Å². The van der Waals surface area contributed by atoms with Crippen LogP contribution in [0.2, 0.25) is 0 Å². The number of nitrogens with zero attached hydrogens (tertiary/aromatic N) is 2. The molecular weight excluding hydrogens is 380 g/mol. The second-order valence-electron chi connectivity index (χ2n) is 7.13. The predicted octanol–water partition coefficient (Wildman–Crippen LogP) is 2.74. The van der Waals surface area contributed by atoms with Crippen LogP contribution in [0.1, 0.15) is 25.1 Å². The van der Waals surface area contributed by atoms with Crippen molar-refractivity contribution in [1.82, 2.24) is 25.5 Å². The molecular formula is C22H24N6O2. The molecule has 30 heavy (non-hydrogen) atoms. The number of hydrogen-bond acceptors (Lipinski definition) is 5. The number of nitrogens with one attached hydrogen (secondary N) is 4. The number of benzene rings is 2. The van der Waals surface area contributed by atoms with Gasteiger partial charge in [0, 0.05) is 31.3 Å². The average molecular weight is 404 g/mol. The first kappa shape index (κ1) is 19.6. The quantitative estimate of drug-likeness (QED) is 0.320. The molecule has 0 aliphatic rings. The first-order valence-corrected chi connectivity index (χ1v) is 10.1. The Morgan fingerprint density at radius 2 is 1.77 bits per heavy atom. The van der Waals surface area contributed by atoms with Gasteiger partial charge in [0.05, 0.1) is 16.4 Å². The van der Waals surface area contributed by atoms with Crippen molar-refractivity contribution in [3.05, 3.63) is 64.7 Å². The third-order valence-electron chi connectivity index (χ3n) is 4.92. The molecule has 0 unspecified atom stereocenters. The van der Waals surface area contributed by atoms with Crippen molar-refractivity contribution in [2.75, 3.05) is 18.4 Å². The molecule has 0 saturated carbocycles. The number of aromatic amines is 2. The Bertz CT molecular complexity index is 1180. The van der Waals surface area contributed by atoms with Gasteiger partial charge in [-0.2, -0.15) is 5.10 Å². The van der Waals surface area contributed by atoms with Gasteiger partial charge < -0.3 is 15.6 Å². The van der Waals surface area contributed by atoms with Gasteiger partial charge in [-0.3, -0.25) is 9.59 Å². The number of anilines is 1. The van der Waals surface area contributed by atoms with E-state index in [-0.39, 0.29) is 11.5 Å². The maximum absolute atomic E-state index is 12.0. The number of carbonyl (C=O) groups is 1. The Labute approximate surface area is 173 Å². The van der Waals surface area contributed by atoms with E-state index in [9.17, 15) is 9.59 Å². The molecule has 0 atom stereocenters. The van der Waals surface area contributed by atoms with Crippen LogP contribution in [0.3, 0.4) is 0 Å². The Kier molecular flexibility index (Phi) is 6.03. The topological polar surface area (TPSA) is 116 Å². The summed E-state index contributed by atoms with van der Waals surface area (Å²) < 4.78 is 0. The van der Waals surface area contributed by atoms with E-state index in [1.54, 1.807) is 6.07 Å². The Morgan fingerprint density at radius 3 is 2.63 bits per heavy atom. The van der Waals surface area contributed by atoms with Crippen molar-refractivity contribution in [3.8, 4) is 0 Å². The monoisotopic (exact) mass is 404 g/mol. The molecule has 4 N–H and O–H groups in total. The van der Waals surface area contributed by atoms with E-state index in [1.807, 2.05) is 42.5 Å². The summed E-state index contributed by atoms with van der Waals surface area (Å²) in [5.41, 5.74) is 1.77. The lowest BCUT2D eigenvalue weighted by atomic mass is 10.2. The minimum absolute atomic E-state index is 0.0405. The zero-order chi connectivity index (χ0) is 20.8. The van der Waals surface area contributed by atoms with Crippen LogP contribution in [0.25, 0.3) is 21.8 Å². The van der Waals surface area contributed by atoms with E-state index in [0.29, 0.717) is 30.7 Å². The lowest BCUT2D eigenvalue weighted by Crippen LogP contribution is -2.25. The number of H-pyrrole nitrogens is 2. The van der Waals surface area contributed by atoms with E-state index < -0.39 is 0 Å². The number of aryl methyl sites for hydroxylation is 1.